The summed E-state index contributed by atoms with van der Waals surface area (Å²) >= 11 is 0. The molecule has 2 aromatic carbocycles. The first-order chi connectivity index (χ1) is 15.5. The topological polar surface area (TPSA) is 102 Å². The van der Waals surface area contributed by atoms with Gasteiger partial charge in [-0.25, -0.2) is 4.79 Å². The lowest BCUT2D eigenvalue weighted by molar-refractivity contribution is -0.192. The summed E-state index contributed by atoms with van der Waals surface area (Å²) in [5.41, 5.74) is 4.21. The average Bonchev–Trinajstić information content (AvgIpc) is 3.13. The van der Waals surface area contributed by atoms with Crippen LogP contribution in [0.4, 0.5) is 30.2 Å². The minimum Gasteiger partial charge on any atom is -0.475 e. The molecule has 2 aliphatic heterocycles. The molecule has 0 atom stereocenters. The highest BCUT2D eigenvalue weighted by atomic mass is 19.4. The van der Waals surface area contributed by atoms with Crippen molar-refractivity contribution in [3.8, 4) is 0 Å². The Balaban J connectivity index is 0.000000383. The number of aliphatic carboxylic acids is 1. The zero-order valence-electron chi connectivity index (χ0n) is 17.8. The molecule has 0 radical (unpaired) electrons. The molecule has 0 unspecified atom stereocenters. The van der Waals surface area contributed by atoms with Gasteiger partial charge in [-0.1, -0.05) is 0 Å². The van der Waals surface area contributed by atoms with Crippen molar-refractivity contribution in [3.05, 3.63) is 53.6 Å². The molecule has 33 heavy (non-hydrogen) atoms. The predicted molar refractivity (Wildman–Crippen MR) is 117 cm³/mol. The largest absolute Gasteiger partial charge is 0.490 e. The number of benzene rings is 2. The second-order valence-corrected chi connectivity index (χ2v) is 7.69. The first-order valence-corrected chi connectivity index (χ1v) is 10.1. The normalized spacial score (nSPS) is 15.8. The number of carboxylic acid groups (broad SMARTS) is 1. The van der Waals surface area contributed by atoms with Crippen LogP contribution in [0.15, 0.2) is 42.5 Å². The quantitative estimate of drug-likeness (QED) is 0.646. The van der Waals surface area contributed by atoms with Crippen LogP contribution in [-0.2, 0) is 16.0 Å². The van der Waals surface area contributed by atoms with Crippen LogP contribution in [0.3, 0.4) is 0 Å². The van der Waals surface area contributed by atoms with Crippen molar-refractivity contribution in [2.24, 2.45) is 0 Å². The molecule has 1 saturated heterocycles. The van der Waals surface area contributed by atoms with Crippen LogP contribution in [0.25, 0.3) is 0 Å². The van der Waals surface area contributed by atoms with Gasteiger partial charge in [0.2, 0.25) is 5.91 Å². The van der Waals surface area contributed by atoms with E-state index in [1.54, 1.807) is 6.07 Å². The van der Waals surface area contributed by atoms with E-state index in [4.69, 9.17) is 9.90 Å². The number of likely N-dealkylation sites (N-methyl/N-ethyl adjacent to an activating group) is 1. The summed E-state index contributed by atoms with van der Waals surface area (Å²) < 4.78 is 31.7. The maximum absolute atomic E-state index is 12.5. The van der Waals surface area contributed by atoms with E-state index in [1.807, 2.05) is 36.4 Å². The Hall–Kier alpha value is -3.60. The fourth-order valence-electron chi connectivity index (χ4n) is 3.40. The van der Waals surface area contributed by atoms with Crippen molar-refractivity contribution < 1.29 is 32.7 Å². The third-order valence-corrected chi connectivity index (χ3v) is 5.23. The molecule has 8 nitrogen and oxygen atoms in total. The molecular weight excluding hydrogens is 441 g/mol. The summed E-state index contributed by atoms with van der Waals surface area (Å²) in [5, 5.41) is 12.8. The van der Waals surface area contributed by atoms with Crippen molar-refractivity contribution in [3.63, 3.8) is 0 Å². The summed E-state index contributed by atoms with van der Waals surface area (Å²) in [7, 11) is 2.13. The second kappa shape index (κ2) is 9.90. The first-order valence-electron chi connectivity index (χ1n) is 10.1. The van der Waals surface area contributed by atoms with Gasteiger partial charge in [0, 0.05) is 48.8 Å². The van der Waals surface area contributed by atoms with Crippen LogP contribution >= 0.6 is 0 Å². The summed E-state index contributed by atoms with van der Waals surface area (Å²) in [6.07, 6.45) is -4.72. The van der Waals surface area contributed by atoms with Gasteiger partial charge in [-0.2, -0.15) is 13.2 Å². The Bertz CT molecular complexity index is 1030. The maximum Gasteiger partial charge on any atom is 0.490 e. The van der Waals surface area contributed by atoms with E-state index in [2.05, 4.69) is 27.5 Å². The van der Waals surface area contributed by atoms with Gasteiger partial charge < -0.3 is 25.5 Å². The molecule has 1 fully saturated rings. The third-order valence-electron chi connectivity index (χ3n) is 5.23. The number of nitrogens with one attached hydrogen (secondary N) is 2. The second-order valence-electron chi connectivity index (χ2n) is 7.69. The van der Waals surface area contributed by atoms with E-state index >= 15 is 0 Å². The lowest BCUT2D eigenvalue weighted by Gasteiger charge is -2.34. The molecule has 0 saturated carbocycles. The van der Waals surface area contributed by atoms with Crippen LogP contribution in [0.2, 0.25) is 0 Å². The number of hydrogen-bond donors (Lipinski definition) is 3. The van der Waals surface area contributed by atoms with Gasteiger partial charge in [-0.3, -0.25) is 9.59 Å². The van der Waals surface area contributed by atoms with Gasteiger partial charge in [-0.15, -0.1) is 0 Å². The van der Waals surface area contributed by atoms with Crippen LogP contribution in [0.1, 0.15) is 15.9 Å². The number of carbonyl (C=O) groups is 3. The average molecular weight is 464 g/mol. The Morgan fingerprint density at radius 2 is 1.64 bits per heavy atom. The third kappa shape index (κ3) is 6.45. The van der Waals surface area contributed by atoms with E-state index in [0.29, 0.717) is 17.7 Å². The zero-order chi connectivity index (χ0) is 24.2. The highest BCUT2D eigenvalue weighted by molar-refractivity contribution is 6.05. The van der Waals surface area contributed by atoms with Crippen molar-refractivity contribution in [1.29, 1.82) is 0 Å². The number of fused-ring (bicyclic) bond motifs is 1. The molecule has 176 valence electrons. The maximum atomic E-state index is 12.5. The van der Waals surface area contributed by atoms with Crippen molar-refractivity contribution in [2.45, 2.75) is 12.6 Å². The number of anilines is 3. The Morgan fingerprint density at radius 1 is 1.03 bits per heavy atom. The molecule has 11 heteroatoms. The first kappa shape index (κ1) is 24.1. The fourth-order valence-corrected chi connectivity index (χ4v) is 3.40. The molecule has 0 spiro atoms. The molecule has 0 bridgehead atoms. The number of hydrogen-bond acceptors (Lipinski definition) is 5. The number of carboxylic acids is 1. The molecule has 2 aromatic rings. The Labute approximate surface area is 188 Å². The number of piperazine rings is 1. The lowest BCUT2D eigenvalue weighted by Crippen LogP contribution is -2.44. The van der Waals surface area contributed by atoms with Gasteiger partial charge in [0.25, 0.3) is 5.91 Å². The lowest BCUT2D eigenvalue weighted by atomic mass is 10.1. The molecule has 4 rings (SSSR count). The van der Waals surface area contributed by atoms with Crippen LogP contribution in [-0.4, -0.2) is 67.2 Å². The summed E-state index contributed by atoms with van der Waals surface area (Å²) in [4.78, 5) is 37.5. The zero-order valence-corrected chi connectivity index (χ0v) is 17.8. The minimum absolute atomic E-state index is 0.0111. The molecule has 2 amide bonds. The number of rotatable bonds is 3. The molecule has 0 aromatic heterocycles. The molecular formula is C22H23F3N4O4. The van der Waals surface area contributed by atoms with E-state index in [0.717, 1.165) is 43.1 Å². The van der Waals surface area contributed by atoms with Gasteiger partial charge in [0.05, 0.1) is 6.42 Å². The molecule has 0 aliphatic carbocycles. The summed E-state index contributed by atoms with van der Waals surface area (Å²) in [6.45, 7) is 4.11. The van der Waals surface area contributed by atoms with Crippen molar-refractivity contribution >= 4 is 34.8 Å². The smallest absolute Gasteiger partial charge is 0.475 e. The van der Waals surface area contributed by atoms with Gasteiger partial charge in [-0.05, 0) is 55.1 Å². The Kier molecular flexibility index (Phi) is 7.22. The monoisotopic (exact) mass is 464 g/mol. The number of halogens is 3. The van der Waals surface area contributed by atoms with Crippen LogP contribution in [0, 0.1) is 0 Å². The molecule has 2 aliphatic rings. The van der Waals surface area contributed by atoms with Crippen molar-refractivity contribution in [2.75, 3.05) is 48.8 Å². The molecule has 2 heterocycles. The minimum atomic E-state index is -5.08. The Morgan fingerprint density at radius 3 is 2.21 bits per heavy atom. The van der Waals surface area contributed by atoms with Gasteiger partial charge >= 0.3 is 12.1 Å². The summed E-state index contributed by atoms with van der Waals surface area (Å²) in [5.74, 6) is -2.91. The van der Waals surface area contributed by atoms with E-state index in [9.17, 15) is 22.8 Å². The van der Waals surface area contributed by atoms with E-state index < -0.39 is 12.1 Å². The molecule has 3 N–H and O–H groups in total. The van der Waals surface area contributed by atoms with Gasteiger partial charge in [0.15, 0.2) is 0 Å². The van der Waals surface area contributed by atoms with Crippen molar-refractivity contribution in [1.82, 2.24) is 4.90 Å². The number of carbonyl (C=O) groups excluding carboxylic acids is 2. The number of amides is 2. The van der Waals surface area contributed by atoms with Crippen LogP contribution < -0.4 is 15.5 Å². The highest BCUT2D eigenvalue weighted by Gasteiger charge is 2.38. The fraction of sp³-hybridized carbons (Fsp3) is 0.318. The predicted octanol–water partition coefficient (Wildman–Crippen LogP) is 2.82. The summed E-state index contributed by atoms with van der Waals surface area (Å²) in [6, 6.07) is 13.2. The number of nitrogens with zero attached hydrogens (tertiary/aromatic N) is 2. The van der Waals surface area contributed by atoms with E-state index in [-0.39, 0.29) is 11.8 Å². The SMILES string of the molecule is CN1CCN(c2ccc(C(=O)Nc3ccc4c(c3)CC(=O)N4)cc2)CC1.O=C(O)C(F)(F)F. The van der Waals surface area contributed by atoms with E-state index in [1.165, 1.54) is 0 Å². The van der Waals surface area contributed by atoms with Gasteiger partial charge in [0.1, 0.15) is 0 Å². The standard InChI is InChI=1S/C20H22N4O2.C2HF3O2/c1-23-8-10-24(11-9-23)17-5-2-14(3-6-17)20(26)21-16-4-7-18-15(12-16)13-19(25)22-18;3-2(4,5)1(6)7/h2-7,12H,8-11,13H2,1H3,(H,21,26)(H,22,25);(H,6,7). The highest BCUT2D eigenvalue weighted by Crippen LogP contribution is 2.26. The number of alkyl halides is 3. The van der Waals surface area contributed by atoms with Crippen LogP contribution in [0.5, 0.6) is 0 Å².